The van der Waals surface area contributed by atoms with Crippen molar-refractivity contribution in [3.05, 3.63) is 22.6 Å². The fourth-order valence-electron chi connectivity index (χ4n) is 3.12. The van der Waals surface area contributed by atoms with Crippen LogP contribution in [-0.4, -0.2) is 45.5 Å². The summed E-state index contributed by atoms with van der Waals surface area (Å²) in [5, 5.41) is 14.2. The van der Waals surface area contributed by atoms with Gasteiger partial charge in [-0.3, -0.25) is 0 Å². The van der Waals surface area contributed by atoms with Crippen LogP contribution in [0.2, 0.25) is 0 Å². The Balaban J connectivity index is 1.73. The molecule has 21 heavy (non-hydrogen) atoms. The number of H-pyrrole nitrogens is 1. The summed E-state index contributed by atoms with van der Waals surface area (Å²) in [7, 11) is 2.05. The van der Waals surface area contributed by atoms with Gasteiger partial charge in [0.15, 0.2) is 5.65 Å². The molecule has 0 saturated heterocycles. The normalized spacial score (nSPS) is 22.6. The van der Waals surface area contributed by atoms with Gasteiger partial charge in [-0.15, -0.1) is 5.10 Å². The molecule has 2 aromatic rings. The van der Waals surface area contributed by atoms with Gasteiger partial charge in [-0.1, -0.05) is 6.92 Å². The van der Waals surface area contributed by atoms with Crippen molar-refractivity contribution in [1.82, 2.24) is 25.1 Å². The molecule has 1 aliphatic carbocycles. The van der Waals surface area contributed by atoms with Crippen molar-refractivity contribution in [3.8, 4) is 0 Å². The van der Waals surface area contributed by atoms with Crippen LogP contribution in [0.3, 0.4) is 0 Å². The first kappa shape index (κ1) is 14.1. The lowest BCUT2D eigenvalue weighted by atomic mass is 9.90. The summed E-state index contributed by atoms with van der Waals surface area (Å²) < 4.78 is 1.32. The Morgan fingerprint density at radius 2 is 2.14 bits per heavy atom. The fraction of sp³-hybridized carbons (Fsp3) is 0.643. The summed E-state index contributed by atoms with van der Waals surface area (Å²) >= 11 is 0. The first-order valence-corrected chi connectivity index (χ1v) is 7.59. The Morgan fingerprint density at radius 1 is 1.38 bits per heavy atom. The molecule has 0 bridgehead atoms. The van der Waals surface area contributed by atoms with Crippen LogP contribution >= 0.6 is 0 Å². The molecule has 0 amide bonds. The van der Waals surface area contributed by atoms with Gasteiger partial charge in [0.05, 0.1) is 0 Å². The Hall–Kier alpha value is -1.89. The van der Waals surface area contributed by atoms with E-state index in [1.54, 1.807) is 0 Å². The van der Waals surface area contributed by atoms with E-state index in [2.05, 4.69) is 39.5 Å². The largest absolute Gasteiger partial charge is 0.364 e. The van der Waals surface area contributed by atoms with Gasteiger partial charge in [-0.05, 0) is 44.4 Å². The lowest BCUT2D eigenvalue weighted by molar-refractivity contribution is 0.340. The predicted octanol–water partition coefficient (Wildman–Crippen LogP) is 0.774. The van der Waals surface area contributed by atoms with Crippen LogP contribution in [-0.2, 0) is 0 Å². The molecule has 7 nitrogen and oxygen atoms in total. The fourth-order valence-corrected chi connectivity index (χ4v) is 3.12. The monoisotopic (exact) mass is 290 g/mol. The molecule has 2 heterocycles. The van der Waals surface area contributed by atoms with Gasteiger partial charge in [0.2, 0.25) is 0 Å². The van der Waals surface area contributed by atoms with Gasteiger partial charge in [-0.2, -0.15) is 9.61 Å². The highest BCUT2D eigenvalue weighted by Crippen LogP contribution is 2.25. The van der Waals surface area contributed by atoms with Crippen molar-refractivity contribution in [2.24, 2.45) is 0 Å². The topological polar surface area (TPSA) is 78.3 Å². The Morgan fingerprint density at radius 3 is 2.86 bits per heavy atom. The van der Waals surface area contributed by atoms with E-state index in [0.717, 1.165) is 25.2 Å². The summed E-state index contributed by atoms with van der Waals surface area (Å²) in [6.07, 6.45) is 4.68. The van der Waals surface area contributed by atoms with Crippen molar-refractivity contribution < 1.29 is 0 Å². The lowest BCUT2D eigenvalue weighted by Crippen LogP contribution is -2.41. The van der Waals surface area contributed by atoms with E-state index in [-0.39, 0.29) is 5.69 Å². The number of hydrogen-bond acceptors (Lipinski definition) is 5. The Labute approximate surface area is 123 Å². The maximum absolute atomic E-state index is 11.6. The van der Waals surface area contributed by atoms with E-state index < -0.39 is 0 Å². The van der Waals surface area contributed by atoms with E-state index in [4.69, 9.17) is 0 Å². The molecule has 7 heteroatoms. The van der Waals surface area contributed by atoms with Crippen LogP contribution in [0.25, 0.3) is 5.65 Å². The third kappa shape index (κ3) is 2.78. The number of anilines is 1. The summed E-state index contributed by atoms with van der Waals surface area (Å²) in [5.41, 5.74) is 0.254. The van der Waals surface area contributed by atoms with Crippen LogP contribution in [0.15, 0.2) is 16.9 Å². The summed E-state index contributed by atoms with van der Waals surface area (Å²) in [6.45, 7) is 3.19. The number of nitrogens with one attached hydrogen (secondary N) is 2. The van der Waals surface area contributed by atoms with Crippen LogP contribution in [0.4, 0.5) is 5.82 Å². The first-order chi connectivity index (χ1) is 10.2. The highest BCUT2D eigenvalue weighted by molar-refractivity contribution is 5.45. The van der Waals surface area contributed by atoms with E-state index >= 15 is 0 Å². The molecule has 3 rings (SSSR count). The molecule has 114 valence electrons. The van der Waals surface area contributed by atoms with Gasteiger partial charge in [0.25, 0.3) is 0 Å². The standard InChI is InChI=1S/C14H22N6O/c1-3-15-10-4-6-11(7-5-10)19(2)13-9-8-12-16-17-14(21)20(12)18-13/h8-11,15H,3-7H2,1-2H3,(H,17,21). The molecule has 0 atom stereocenters. The SMILES string of the molecule is CCNC1CCC(N(C)c2ccc3n[nH]c(=O)n3n2)CC1. The highest BCUT2D eigenvalue weighted by atomic mass is 16.2. The zero-order chi connectivity index (χ0) is 14.8. The highest BCUT2D eigenvalue weighted by Gasteiger charge is 2.24. The second-order valence-corrected chi connectivity index (χ2v) is 5.66. The number of aromatic nitrogens is 4. The summed E-state index contributed by atoms with van der Waals surface area (Å²) in [5.74, 6) is 0.818. The van der Waals surface area contributed by atoms with Crippen molar-refractivity contribution in [2.75, 3.05) is 18.5 Å². The van der Waals surface area contributed by atoms with Crippen molar-refractivity contribution in [2.45, 2.75) is 44.7 Å². The smallest absolute Gasteiger partial charge is 0.355 e. The maximum atomic E-state index is 11.6. The summed E-state index contributed by atoms with van der Waals surface area (Å²) in [4.78, 5) is 13.8. The van der Waals surface area contributed by atoms with E-state index in [0.29, 0.717) is 17.7 Å². The molecule has 2 aromatic heterocycles. The van der Waals surface area contributed by atoms with Crippen LogP contribution in [0.5, 0.6) is 0 Å². The third-order valence-corrected chi connectivity index (χ3v) is 4.36. The van der Waals surface area contributed by atoms with Gasteiger partial charge >= 0.3 is 5.69 Å². The molecule has 0 unspecified atom stereocenters. The number of fused-ring (bicyclic) bond motifs is 1. The molecular weight excluding hydrogens is 268 g/mol. The van der Waals surface area contributed by atoms with Crippen molar-refractivity contribution >= 4 is 11.5 Å². The molecule has 0 aromatic carbocycles. The predicted molar refractivity (Wildman–Crippen MR) is 81.7 cm³/mol. The lowest BCUT2D eigenvalue weighted by Gasteiger charge is -2.35. The van der Waals surface area contributed by atoms with Crippen LogP contribution in [0, 0.1) is 0 Å². The van der Waals surface area contributed by atoms with E-state index in [1.165, 1.54) is 17.4 Å². The van der Waals surface area contributed by atoms with E-state index in [9.17, 15) is 4.79 Å². The number of rotatable bonds is 4. The molecule has 0 spiro atoms. The summed E-state index contributed by atoms with van der Waals surface area (Å²) in [6, 6.07) is 4.87. The maximum Gasteiger partial charge on any atom is 0.364 e. The van der Waals surface area contributed by atoms with Crippen molar-refractivity contribution in [1.29, 1.82) is 0 Å². The van der Waals surface area contributed by atoms with Gasteiger partial charge in [0, 0.05) is 19.1 Å². The zero-order valence-corrected chi connectivity index (χ0v) is 12.5. The molecule has 0 radical (unpaired) electrons. The van der Waals surface area contributed by atoms with Crippen LogP contribution in [0.1, 0.15) is 32.6 Å². The third-order valence-electron chi connectivity index (χ3n) is 4.36. The van der Waals surface area contributed by atoms with Gasteiger partial charge in [-0.25, -0.2) is 9.89 Å². The zero-order valence-electron chi connectivity index (χ0n) is 12.5. The second kappa shape index (κ2) is 5.85. The second-order valence-electron chi connectivity index (χ2n) is 5.66. The molecule has 0 aliphatic heterocycles. The molecule has 1 aliphatic rings. The Bertz CT molecular complexity index is 655. The molecular formula is C14H22N6O. The average molecular weight is 290 g/mol. The minimum atomic E-state index is -0.295. The number of hydrogen-bond donors (Lipinski definition) is 2. The minimum Gasteiger partial charge on any atom is -0.355 e. The molecule has 1 saturated carbocycles. The molecule has 1 fully saturated rings. The van der Waals surface area contributed by atoms with E-state index in [1.807, 2.05) is 12.1 Å². The average Bonchev–Trinajstić information content (AvgIpc) is 2.89. The first-order valence-electron chi connectivity index (χ1n) is 7.59. The number of nitrogens with zero attached hydrogens (tertiary/aromatic N) is 4. The van der Waals surface area contributed by atoms with Crippen LogP contribution < -0.4 is 15.9 Å². The Kier molecular flexibility index (Phi) is 3.92. The number of aromatic amines is 1. The van der Waals surface area contributed by atoms with Crippen molar-refractivity contribution in [3.63, 3.8) is 0 Å². The molecule has 2 N–H and O–H groups in total. The minimum absolute atomic E-state index is 0.295. The quantitative estimate of drug-likeness (QED) is 0.870. The van der Waals surface area contributed by atoms with Gasteiger partial charge in [0.1, 0.15) is 5.82 Å². The van der Waals surface area contributed by atoms with Gasteiger partial charge < -0.3 is 10.2 Å².